The molecule has 0 bridgehead atoms. The third-order valence-electron chi connectivity index (χ3n) is 7.25. The molecule has 3 heterocycles. The van der Waals surface area contributed by atoms with Crippen LogP contribution in [0.25, 0.3) is 27.7 Å². The van der Waals surface area contributed by atoms with Gasteiger partial charge in [0.25, 0.3) is 0 Å². The molecule has 1 N–H and O–H groups in total. The molecule has 0 aliphatic carbocycles. The molecule has 9 nitrogen and oxygen atoms in total. The maximum absolute atomic E-state index is 12.9. The number of carbonyl (C=O) groups excluding carboxylic acids is 1. The lowest BCUT2D eigenvalue weighted by molar-refractivity contribution is -0.120. The van der Waals surface area contributed by atoms with Gasteiger partial charge >= 0.3 is 0 Å². The highest BCUT2D eigenvalue weighted by molar-refractivity contribution is 6.31. The second-order valence-electron chi connectivity index (χ2n) is 10.1. The van der Waals surface area contributed by atoms with E-state index in [0.717, 1.165) is 44.5 Å². The van der Waals surface area contributed by atoms with Crippen LogP contribution >= 0.6 is 23.2 Å². The minimum absolute atomic E-state index is 0.207. The molecule has 6 aromatic rings. The molecule has 3 aromatic carbocycles. The molecule has 3 aromatic heterocycles. The SMILES string of the molecule is CC(=O)NC(c1ccc(Cl)cc1)(c1ccc2c(c1)c(-c1cccc(Cl)c1)c(N(C)C)c1nnnn12)c1cncn1C. The fourth-order valence-electron chi connectivity index (χ4n) is 5.60. The Bertz CT molecular complexity index is 1930. The number of nitrogens with one attached hydrogen (secondary N) is 1. The van der Waals surface area contributed by atoms with Crippen LogP contribution in [0.4, 0.5) is 5.69 Å². The third kappa shape index (κ3) is 4.38. The number of fused-ring (bicyclic) bond motifs is 3. The smallest absolute Gasteiger partial charge is 0.218 e. The zero-order valence-electron chi connectivity index (χ0n) is 22.8. The van der Waals surface area contributed by atoms with Gasteiger partial charge in [0, 0.05) is 49.1 Å². The summed E-state index contributed by atoms with van der Waals surface area (Å²) < 4.78 is 3.64. The van der Waals surface area contributed by atoms with Gasteiger partial charge in [0.15, 0.2) is 0 Å². The average Bonchev–Trinajstić information content (AvgIpc) is 3.60. The number of rotatable bonds is 6. The number of anilines is 1. The number of hydrogen-bond acceptors (Lipinski definition) is 6. The van der Waals surface area contributed by atoms with Crippen LogP contribution in [0, 0.1) is 0 Å². The highest BCUT2D eigenvalue weighted by Crippen LogP contribution is 2.43. The van der Waals surface area contributed by atoms with E-state index >= 15 is 0 Å². The molecule has 0 saturated heterocycles. The Labute approximate surface area is 246 Å². The normalized spacial score (nSPS) is 12.9. The number of imidazole rings is 1. The highest BCUT2D eigenvalue weighted by atomic mass is 35.5. The first-order valence-corrected chi connectivity index (χ1v) is 13.6. The van der Waals surface area contributed by atoms with Gasteiger partial charge in [-0.25, -0.2) is 4.98 Å². The second kappa shape index (κ2) is 10.2. The Kier molecular flexibility index (Phi) is 6.63. The molecule has 206 valence electrons. The molecule has 41 heavy (non-hydrogen) atoms. The Balaban J connectivity index is 1.78. The largest absolute Gasteiger partial charge is 0.374 e. The predicted molar refractivity (Wildman–Crippen MR) is 161 cm³/mol. The summed E-state index contributed by atoms with van der Waals surface area (Å²) >= 11 is 12.8. The number of hydrogen-bond donors (Lipinski definition) is 1. The predicted octanol–water partition coefficient (Wildman–Crippen LogP) is 5.48. The summed E-state index contributed by atoms with van der Waals surface area (Å²) in [5.74, 6) is -0.207. The lowest BCUT2D eigenvalue weighted by Crippen LogP contribution is -2.48. The molecular formula is C30H26Cl2N8O. The fraction of sp³-hybridized carbons (Fsp3) is 0.167. The topological polar surface area (TPSA) is 93.2 Å². The lowest BCUT2D eigenvalue weighted by atomic mass is 9.79. The Morgan fingerprint density at radius 3 is 2.39 bits per heavy atom. The monoisotopic (exact) mass is 584 g/mol. The summed E-state index contributed by atoms with van der Waals surface area (Å²) in [5.41, 5.74) is 5.37. The summed E-state index contributed by atoms with van der Waals surface area (Å²) in [4.78, 5) is 19.3. The van der Waals surface area contributed by atoms with Gasteiger partial charge < -0.3 is 14.8 Å². The van der Waals surface area contributed by atoms with E-state index in [-0.39, 0.29) is 5.91 Å². The zero-order chi connectivity index (χ0) is 28.9. The van der Waals surface area contributed by atoms with Gasteiger partial charge in [-0.05, 0) is 63.5 Å². The molecule has 0 aliphatic rings. The Morgan fingerprint density at radius 2 is 1.73 bits per heavy atom. The number of benzene rings is 3. The maximum Gasteiger partial charge on any atom is 0.218 e. The molecule has 1 unspecified atom stereocenters. The maximum atomic E-state index is 12.9. The van der Waals surface area contributed by atoms with Crippen molar-refractivity contribution in [2.75, 3.05) is 19.0 Å². The molecule has 0 radical (unpaired) electrons. The van der Waals surface area contributed by atoms with Crippen LogP contribution < -0.4 is 10.2 Å². The molecule has 1 atom stereocenters. The van der Waals surface area contributed by atoms with Crippen LogP contribution in [-0.2, 0) is 17.4 Å². The van der Waals surface area contributed by atoms with Gasteiger partial charge in [0.2, 0.25) is 11.6 Å². The minimum atomic E-state index is -1.10. The van der Waals surface area contributed by atoms with Gasteiger partial charge in [-0.3, -0.25) is 4.79 Å². The molecule has 6 rings (SSSR count). The number of amides is 1. The fourth-order valence-corrected chi connectivity index (χ4v) is 5.92. The van der Waals surface area contributed by atoms with Crippen LogP contribution in [0.1, 0.15) is 23.7 Å². The molecule has 1 amide bonds. The minimum Gasteiger partial charge on any atom is -0.374 e. The molecule has 0 aliphatic heterocycles. The van der Waals surface area contributed by atoms with Crippen LogP contribution in [0.5, 0.6) is 0 Å². The van der Waals surface area contributed by atoms with E-state index in [0.29, 0.717) is 15.7 Å². The van der Waals surface area contributed by atoms with Crippen LogP contribution in [0.2, 0.25) is 10.0 Å². The standard InChI is InChI=1S/C30H26Cl2N8O/c1-18(41)34-30(26-16-33-17-39(26)4,20-8-11-22(31)12-9-20)21-10-13-25-24(15-21)27(19-6-5-7-23(32)14-19)28(38(2)3)29-35-36-37-40(25)29/h5-17H,1-4H3,(H,34,41). The van der Waals surface area contributed by atoms with E-state index in [1.165, 1.54) is 6.92 Å². The number of tetrazole rings is 1. The summed E-state index contributed by atoms with van der Waals surface area (Å²) in [7, 11) is 5.82. The van der Waals surface area contributed by atoms with E-state index in [4.69, 9.17) is 23.2 Å². The average molecular weight is 585 g/mol. The number of aromatic nitrogens is 6. The van der Waals surface area contributed by atoms with E-state index in [9.17, 15) is 4.79 Å². The van der Waals surface area contributed by atoms with E-state index in [1.54, 1.807) is 17.0 Å². The summed E-state index contributed by atoms with van der Waals surface area (Å²) in [5, 5.41) is 18.0. The molecule has 0 fully saturated rings. The van der Waals surface area contributed by atoms with E-state index in [2.05, 4.69) is 31.9 Å². The lowest BCUT2D eigenvalue weighted by Gasteiger charge is -2.36. The van der Waals surface area contributed by atoms with Crippen molar-refractivity contribution in [3.05, 3.63) is 106 Å². The van der Waals surface area contributed by atoms with Crippen LogP contribution in [0.3, 0.4) is 0 Å². The van der Waals surface area contributed by atoms with Gasteiger partial charge in [0.05, 0.1) is 29.4 Å². The van der Waals surface area contributed by atoms with E-state index < -0.39 is 5.54 Å². The summed E-state index contributed by atoms with van der Waals surface area (Å²) in [6, 6.07) is 21.2. The van der Waals surface area contributed by atoms with Gasteiger partial charge in [-0.2, -0.15) is 4.52 Å². The van der Waals surface area contributed by atoms with Gasteiger partial charge in [-0.15, -0.1) is 5.10 Å². The molecule has 0 spiro atoms. The summed E-state index contributed by atoms with van der Waals surface area (Å²) in [6.45, 7) is 1.51. The van der Waals surface area contributed by atoms with Crippen LogP contribution in [0.15, 0.2) is 79.3 Å². The number of pyridine rings is 1. The quantitative estimate of drug-likeness (QED) is 0.278. The highest BCUT2D eigenvalue weighted by Gasteiger charge is 2.40. The number of nitrogens with zero attached hydrogens (tertiary/aromatic N) is 7. The van der Waals surface area contributed by atoms with Crippen molar-refractivity contribution in [2.45, 2.75) is 12.5 Å². The van der Waals surface area contributed by atoms with Crippen molar-refractivity contribution in [3.8, 4) is 11.1 Å². The molecular weight excluding hydrogens is 559 g/mol. The summed E-state index contributed by atoms with van der Waals surface area (Å²) in [6.07, 6.45) is 3.48. The third-order valence-corrected chi connectivity index (χ3v) is 7.73. The van der Waals surface area contributed by atoms with Crippen LogP contribution in [-0.4, -0.2) is 49.6 Å². The van der Waals surface area contributed by atoms with Crippen molar-refractivity contribution in [1.29, 1.82) is 0 Å². The Hall–Kier alpha value is -4.47. The molecule has 11 heteroatoms. The second-order valence-corrected chi connectivity index (χ2v) is 11.0. The molecule has 0 saturated carbocycles. The van der Waals surface area contributed by atoms with Crippen molar-refractivity contribution < 1.29 is 4.79 Å². The number of carbonyl (C=O) groups is 1. The number of aryl methyl sites for hydroxylation is 1. The van der Waals surface area contributed by atoms with Crippen molar-refractivity contribution in [2.24, 2.45) is 7.05 Å². The van der Waals surface area contributed by atoms with Gasteiger partial charge in [0.1, 0.15) is 5.54 Å². The van der Waals surface area contributed by atoms with Gasteiger partial charge in [-0.1, -0.05) is 53.5 Å². The van der Waals surface area contributed by atoms with Crippen molar-refractivity contribution >= 4 is 51.3 Å². The van der Waals surface area contributed by atoms with E-state index in [1.807, 2.05) is 91.3 Å². The first-order chi connectivity index (χ1) is 19.7. The first-order valence-electron chi connectivity index (χ1n) is 12.8. The first kappa shape index (κ1) is 26.7. The zero-order valence-corrected chi connectivity index (χ0v) is 24.3. The van der Waals surface area contributed by atoms with Crippen molar-refractivity contribution in [1.82, 2.24) is 34.9 Å². The number of halogens is 2. The Morgan fingerprint density at radius 1 is 0.976 bits per heavy atom. The van der Waals surface area contributed by atoms with Crippen molar-refractivity contribution in [3.63, 3.8) is 0 Å².